The van der Waals surface area contributed by atoms with Crippen LogP contribution in [-0.2, 0) is 11.2 Å². The van der Waals surface area contributed by atoms with Crippen LogP contribution in [-0.4, -0.2) is 11.4 Å². The summed E-state index contributed by atoms with van der Waals surface area (Å²) in [6.07, 6.45) is 2.66. The molecule has 0 spiro atoms. The van der Waals surface area contributed by atoms with Crippen LogP contribution < -0.4 is 11.1 Å². The van der Waals surface area contributed by atoms with Crippen LogP contribution in [0, 0.1) is 5.92 Å². The number of rotatable bonds is 4. The first-order valence-electron chi connectivity index (χ1n) is 6.19. The van der Waals surface area contributed by atoms with Crippen molar-refractivity contribution in [3.8, 4) is 0 Å². The van der Waals surface area contributed by atoms with Crippen LogP contribution in [0.4, 0.5) is 5.69 Å². The van der Waals surface area contributed by atoms with Gasteiger partial charge >= 0.3 is 0 Å². The van der Waals surface area contributed by atoms with Gasteiger partial charge in [-0.05, 0) is 42.9 Å². The van der Waals surface area contributed by atoms with Gasteiger partial charge in [-0.1, -0.05) is 26.0 Å². The van der Waals surface area contributed by atoms with E-state index in [1.807, 2.05) is 12.1 Å². The highest BCUT2D eigenvalue weighted by Gasteiger charge is 2.45. The number of carbonyl (C=O) groups is 1. The summed E-state index contributed by atoms with van der Waals surface area (Å²) in [5.74, 6) is 0.586. The van der Waals surface area contributed by atoms with Gasteiger partial charge in [-0.3, -0.25) is 4.79 Å². The third-order valence-electron chi connectivity index (χ3n) is 3.10. The second kappa shape index (κ2) is 4.49. The van der Waals surface area contributed by atoms with Gasteiger partial charge in [0.15, 0.2) is 0 Å². The zero-order valence-corrected chi connectivity index (χ0v) is 10.5. The van der Waals surface area contributed by atoms with Crippen LogP contribution in [0.3, 0.4) is 0 Å². The molecule has 1 aliphatic carbocycles. The highest BCUT2D eigenvalue weighted by atomic mass is 16.2. The van der Waals surface area contributed by atoms with Crippen LogP contribution in [0.15, 0.2) is 24.3 Å². The SMILES string of the molecule is CC(C)Cc1ccc(NC(=O)C2(N)CC2)cc1. The van der Waals surface area contributed by atoms with E-state index in [9.17, 15) is 4.79 Å². The average Bonchev–Trinajstić information content (AvgIpc) is 3.00. The summed E-state index contributed by atoms with van der Waals surface area (Å²) in [6, 6.07) is 8.01. The van der Waals surface area contributed by atoms with Crippen LogP contribution >= 0.6 is 0 Å². The van der Waals surface area contributed by atoms with Gasteiger partial charge in [0.2, 0.25) is 5.91 Å². The molecular formula is C14H20N2O. The maximum absolute atomic E-state index is 11.7. The van der Waals surface area contributed by atoms with Crippen molar-refractivity contribution in [3.63, 3.8) is 0 Å². The van der Waals surface area contributed by atoms with Gasteiger partial charge in [-0.15, -0.1) is 0 Å². The second-order valence-electron chi connectivity index (χ2n) is 5.41. The van der Waals surface area contributed by atoms with E-state index in [1.165, 1.54) is 5.56 Å². The molecule has 0 saturated heterocycles. The third kappa shape index (κ3) is 3.07. The van der Waals surface area contributed by atoms with E-state index in [1.54, 1.807) is 0 Å². The van der Waals surface area contributed by atoms with Crippen molar-refractivity contribution in [2.75, 3.05) is 5.32 Å². The number of hydrogen-bond donors (Lipinski definition) is 2. The first kappa shape index (κ1) is 12.1. The Balaban J connectivity index is 1.96. The Labute approximate surface area is 102 Å². The molecule has 3 N–H and O–H groups in total. The van der Waals surface area contributed by atoms with E-state index in [-0.39, 0.29) is 5.91 Å². The summed E-state index contributed by atoms with van der Waals surface area (Å²) in [5.41, 5.74) is 7.35. The van der Waals surface area contributed by atoms with Gasteiger partial charge in [0.1, 0.15) is 0 Å². The molecule has 0 aromatic heterocycles. The van der Waals surface area contributed by atoms with Gasteiger partial charge in [0, 0.05) is 5.69 Å². The molecule has 0 radical (unpaired) electrons. The van der Waals surface area contributed by atoms with E-state index >= 15 is 0 Å². The monoisotopic (exact) mass is 232 g/mol. The van der Waals surface area contributed by atoms with E-state index in [0.29, 0.717) is 5.92 Å². The molecule has 0 bridgehead atoms. The largest absolute Gasteiger partial charge is 0.324 e. The number of amides is 1. The summed E-state index contributed by atoms with van der Waals surface area (Å²) < 4.78 is 0. The number of anilines is 1. The zero-order chi connectivity index (χ0) is 12.5. The van der Waals surface area contributed by atoms with E-state index in [2.05, 4.69) is 31.3 Å². The minimum atomic E-state index is -0.601. The molecule has 2 rings (SSSR count). The van der Waals surface area contributed by atoms with E-state index in [0.717, 1.165) is 24.9 Å². The number of nitrogens with one attached hydrogen (secondary N) is 1. The zero-order valence-electron chi connectivity index (χ0n) is 10.5. The minimum Gasteiger partial charge on any atom is -0.324 e. The topological polar surface area (TPSA) is 55.1 Å². The maximum atomic E-state index is 11.7. The summed E-state index contributed by atoms with van der Waals surface area (Å²) >= 11 is 0. The molecule has 3 nitrogen and oxygen atoms in total. The molecule has 0 heterocycles. The van der Waals surface area contributed by atoms with Crippen molar-refractivity contribution in [2.24, 2.45) is 11.7 Å². The highest BCUT2D eigenvalue weighted by molar-refractivity contribution is 6.00. The molecule has 1 aromatic rings. The number of benzene rings is 1. The van der Waals surface area contributed by atoms with Gasteiger partial charge in [-0.25, -0.2) is 0 Å². The second-order valence-corrected chi connectivity index (χ2v) is 5.41. The number of hydrogen-bond acceptors (Lipinski definition) is 2. The molecule has 3 heteroatoms. The molecular weight excluding hydrogens is 212 g/mol. The Morgan fingerprint density at radius 3 is 2.41 bits per heavy atom. The molecule has 0 aliphatic heterocycles. The van der Waals surface area contributed by atoms with Crippen LogP contribution in [0.5, 0.6) is 0 Å². The first-order valence-corrected chi connectivity index (χ1v) is 6.19. The lowest BCUT2D eigenvalue weighted by Gasteiger charge is -2.11. The lowest BCUT2D eigenvalue weighted by Crippen LogP contribution is -2.37. The Morgan fingerprint density at radius 1 is 1.35 bits per heavy atom. The maximum Gasteiger partial charge on any atom is 0.244 e. The van der Waals surface area contributed by atoms with Crippen molar-refractivity contribution >= 4 is 11.6 Å². The summed E-state index contributed by atoms with van der Waals surface area (Å²) in [4.78, 5) is 11.7. The summed E-state index contributed by atoms with van der Waals surface area (Å²) in [7, 11) is 0. The van der Waals surface area contributed by atoms with Gasteiger partial charge in [0.25, 0.3) is 0 Å². The van der Waals surface area contributed by atoms with Gasteiger partial charge in [-0.2, -0.15) is 0 Å². The van der Waals surface area contributed by atoms with Gasteiger partial charge < -0.3 is 11.1 Å². The number of nitrogens with two attached hydrogens (primary N) is 1. The van der Waals surface area contributed by atoms with Crippen molar-refractivity contribution in [2.45, 2.75) is 38.6 Å². The Hall–Kier alpha value is -1.35. The Kier molecular flexibility index (Phi) is 3.20. The molecule has 92 valence electrons. The van der Waals surface area contributed by atoms with Crippen LogP contribution in [0.2, 0.25) is 0 Å². The standard InChI is InChI=1S/C14H20N2O/c1-10(2)9-11-3-5-12(6-4-11)16-13(17)14(15)7-8-14/h3-6,10H,7-9,15H2,1-2H3,(H,16,17). The third-order valence-corrected chi connectivity index (χ3v) is 3.10. The van der Waals surface area contributed by atoms with Crippen molar-refractivity contribution in [1.82, 2.24) is 0 Å². The molecule has 1 fully saturated rings. The summed E-state index contributed by atoms with van der Waals surface area (Å²) in [6.45, 7) is 4.39. The Bertz CT molecular complexity index is 405. The van der Waals surface area contributed by atoms with Crippen LogP contribution in [0.25, 0.3) is 0 Å². The lowest BCUT2D eigenvalue weighted by atomic mass is 10.0. The van der Waals surface area contributed by atoms with E-state index < -0.39 is 5.54 Å². The van der Waals surface area contributed by atoms with E-state index in [4.69, 9.17) is 5.73 Å². The highest BCUT2D eigenvalue weighted by Crippen LogP contribution is 2.33. The molecule has 0 atom stereocenters. The fourth-order valence-corrected chi connectivity index (χ4v) is 1.81. The minimum absolute atomic E-state index is 0.0610. The Morgan fingerprint density at radius 2 is 1.94 bits per heavy atom. The average molecular weight is 232 g/mol. The van der Waals surface area contributed by atoms with Gasteiger partial charge in [0.05, 0.1) is 5.54 Å². The van der Waals surface area contributed by atoms with Crippen LogP contribution in [0.1, 0.15) is 32.3 Å². The molecule has 1 amide bonds. The fraction of sp³-hybridized carbons (Fsp3) is 0.500. The quantitative estimate of drug-likeness (QED) is 0.837. The predicted octanol–water partition coefficient (Wildman–Crippen LogP) is 2.31. The predicted molar refractivity (Wildman–Crippen MR) is 69.8 cm³/mol. The molecule has 17 heavy (non-hydrogen) atoms. The normalized spacial score (nSPS) is 16.9. The van der Waals surface area contributed by atoms with Crippen molar-refractivity contribution in [1.29, 1.82) is 0 Å². The number of carbonyl (C=O) groups excluding carboxylic acids is 1. The molecule has 1 aliphatic rings. The lowest BCUT2D eigenvalue weighted by molar-refractivity contribution is -0.118. The molecule has 1 aromatic carbocycles. The molecule has 0 unspecified atom stereocenters. The fourth-order valence-electron chi connectivity index (χ4n) is 1.81. The summed E-state index contributed by atoms with van der Waals surface area (Å²) in [5, 5.41) is 2.86. The van der Waals surface area contributed by atoms with Crippen molar-refractivity contribution < 1.29 is 4.79 Å². The molecule has 1 saturated carbocycles. The smallest absolute Gasteiger partial charge is 0.244 e. The van der Waals surface area contributed by atoms with Crippen molar-refractivity contribution in [3.05, 3.63) is 29.8 Å². The first-order chi connectivity index (χ1) is 7.99.